The molecule has 0 radical (unpaired) electrons. The summed E-state index contributed by atoms with van der Waals surface area (Å²) in [6.45, 7) is 1.18. The van der Waals surface area contributed by atoms with Gasteiger partial charge in [-0.3, -0.25) is 4.79 Å². The smallest absolute Gasteiger partial charge is 0.373 e. The zero-order valence-corrected chi connectivity index (χ0v) is 11.4. The first-order valence-electron chi connectivity index (χ1n) is 4.46. The first-order chi connectivity index (χ1) is 8.45. The van der Waals surface area contributed by atoms with E-state index < -0.39 is 37.2 Å². The van der Waals surface area contributed by atoms with Gasteiger partial charge in [0.2, 0.25) is 0 Å². The first-order valence-corrected chi connectivity index (χ1v) is 6.63. The molecule has 0 amide bonds. The van der Waals surface area contributed by atoms with Crippen molar-refractivity contribution in [3.8, 4) is 5.75 Å². The molecule has 1 aromatic carbocycles. The van der Waals surface area contributed by atoms with Gasteiger partial charge in [0.15, 0.2) is 11.5 Å². The summed E-state index contributed by atoms with van der Waals surface area (Å²) in [5.74, 6) is -1.33. The fourth-order valence-corrected chi connectivity index (χ4v) is 2.15. The van der Waals surface area contributed by atoms with Crippen LogP contribution < -0.4 is 4.18 Å². The van der Waals surface area contributed by atoms with E-state index in [9.17, 15) is 26.4 Å². The molecule has 0 saturated heterocycles. The summed E-state index contributed by atoms with van der Waals surface area (Å²) in [4.78, 5) is 11.0. The van der Waals surface area contributed by atoms with Crippen molar-refractivity contribution in [2.45, 2.75) is 12.4 Å². The normalized spacial score (nSPS) is 12.3. The molecule has 0 aliphatic rings. The third kappa shape index (κ3) is 3.52. The summed E-state index contributed by atoms with van der Waals surface area (Å²) in [7, 11) is -5.88. The maximum atomic E-state index is 12.1. The Morgan fingerprint density at radius 3 is 1.95 bits per heavy atom. The summed E-state index contributed by atoms with van der Waals surface area (Å²) >= 11 is 11.1. The topological polar surface area (TPSA) is 60.4 Å². The average molecular weight is 337 g/mol. The maximum Gasteiger partial charge on any atom is 0.534 e. The van der Waals surface area contributed by atoms with Crippen LogP contribution in [0.3, 0.4) is 0 Å². The van der Waals surface area contributed by atoms with E-state index in [1.54, 1.807) is 0 Å². The molecule has 106 valence electrons. The highest BCUT2D eigenvalue weighted by Gasteiger charge is 2.49. The molecule has 4 nitrogen and oxygen atoms in total. The van der Waals surface area contributed by atoms with Crippen LogP contribution in [0.4, 0.5) is 13.2 Å². The van der Waals surface area contributed by atoms with Crippen LogP contribution in [0.1, 0.15) is 17.3 Å². The van der Waals surface area contributed by atoms with E-state index >= 15 is 0 Å². The lowest BCUT2D eigenvalue weighted by Crippen LogP contribution is -2.28. The summed E-state index contributed by atoms with van der Waals surface area (Å²) in [6.07, 6.45) is 0. The van der Waals surface area contributed by atoms with Crippen molar-refractivity contribution in [2.24, 2.45) is 0 Å². The second kappa shape index (κ2) is 5.18. The lowest BCUT2D eigenvalue weighted by molar-refractivity contribution is -0.0500. The van der Waals surface area contributed by atoms with E-state index in [1.165, 1.54) is 6.92 Å². The molecule has 0 aliphatic heterocycles. The number of hydrogen-bond acceptors (Lipinski definition) is 4. The second-order valence-electron chi connectivity index (χ2n) is 3.31. The Kier molecular flexibility index (Phi) is 4.38. The summed E-state index contributed by atoms with van der Waals surface area (Å²) < 4.78 is 61.9. The lowest BCUT2D eigenvalue weighted by Gasteiger charge is -2.12. The molecule has 0 fully saturated rings. The average Bonchev–Trinajstić information content (AvgIpc) is 2.21. The van der Waals surface area contributed by atoms with Crippen LogP contribution in [0.2, 0.25) is 10.0 Å². The van der Waals surface area contributed by atoms with Crippen molar-refractivity contribution in [2.75, 3.05) is 0 Å². The van der Waals surface area contributed by atoms with Gasteiger partial charge in [0.1, 0.15) is 0 Å². The van der Waals surface area contributed by atoms with Gasteiger partial charge in [0.25, 0.3) is 0 Å². The Hall–Kier alpha value is -0.990. The molecule has 0 saturated carbocycles. The van der Waals surface area contributed by atoms with E-state index in [1.807, 2.05) is 0 Å². The molecule has 0 spiro atoms. The van der Waals surface area contributed by atoms with Gasteiger partial charge in [-0.15, -0.1) is 0 Å². The number of carbonyl (C=O) groups excluding carboxylic acids is 1. The number of alkyl halides is 3. The third-order valence-electron chi connectivity index (χ3n) is 1.88. The molecule has 0 unspecified atom stereocenters. The fourth-order valence-electron chi connectivity index (χ4n) is 1.000. The molecule has 0 bridgehead atoms. The molecule has 0 heterocycles. The lowest BCUT2D eigenvalue weighted by atomic mass is 10.1. The Balaban J connectivity index is 3.29. The van der Waals surface area contributed by atoms with Crippen LogP contribution in [0.15, 0.2) is 12.1 Å². The van der Waals surface area contributed by atoms with Gasteiger partial charge in [0.05, 0.1) is 10.0 Å². The Bertz CT molecular complexity index is 602. The van der Waals surface area contributed by atoms with Crippen molar-refractivity contribution in [1.29, 1.82) is 0 Å². The van der Waals surface area contributed by atoms with Crippen LogP contribution in [-0.2, 0) is 10.1 Å². The minimum atomic E-state index is -5.88. The van der Waals surface area contributed by atoms with Crippen molar-refractivity contribution >= 4 is 39.1 Å². The maximum absolute atomic E-state index is 12.1. The van der Waals surface area contributed by atoms with E-state index in [2.05, 4.69) is 4.18 Å². The fraction of sp³-hybridized carbons (Fsp3) is 0.222. The highest BCUT2D eigenvalue weighted by Crippen LogP contribution is 2.37. The number of ketones is 1. The molecule has 1 rings (SSSR count). The minimum Gasteiger partial charge on any atom is -0.373 e. The second-order valence-corrected chi connectivity index (χ2v) is 5.66. The van der Waals surface area contributed by atoms with Crippen molar-refractivity contribution in [3.05, 3.63) is 27.7 Å². The number of halogens is 5. The predicted molar refractivity (Wildman–Crippen MR) is 62.1 cm³/mol. The molecule has 1 aromatic rings. The Morgan fingerprint density at radius 2 is 1.63 bits per heavy atom. The van der Waals surface area contributed by atoms with Crippen LogP contribution >= 0.6 is 23.2 Å². The van der Waals surface area contributed by atoms with Gasteiger partial charge in [-0.05, 0) is 19.1 Å². The minimum absolute atomic E-state index is 0.00626. The van der Waals surface area contributed by atoms with Crippen molar-refractivity contribution in [1.82, 2.24) is 0 Å². The standard InChI is InChI=1S/C9H5Cl2F3O4S/c1-4(15)5-2-6(10)8(7(11)3-5)18-19(16,17)9(12,13)14/h2-3H,1H3. The first kappa shape index (κ1) is 16.1. The van der Waals surface area contributed by atoms with Gasteiger partial charge in [-0.2, -0.15) is 21.6 Å². The van der Waals surface area contributed by atoms with Crippen molar-refractivity contribution < 1.29 is 30.6 Å². The van der Waals surface area contributed by atoms with E-state index in [0.29, 0.717) is 0 Å². The van der Waals surface area contributed by atoms with Crippen LogP contribution in [-0.4, -0.2) is 19.7 Å². The van der Waals surface area contributed by atoms with Gasteiger partial charge >= 0.3 is 15.6 Å². The molecule has 0 aliphatic carbocycles. The summed E-state index contributed by atoms with van der Waals surface area (Å²) in [6, 6.07) is 1.91. The van der Waals surface area contributed by atoms with Crippen LogP contribution in [0.25, 0.3) is 0 Å². The predicted octanol–water partition coefficient (Wildman–Crippen LogP) is 3.42. The third-order valence-corrected chi connectivity index (χ3v) is 3.40. The number of Topliss-reactive ketones (excluding diaryl/α,β-unsaturated/α-hetero) is 1. The molecule has 0 atom stereocenters. The summed E-state index contributed by atoms with van der Waals surface area (Å²) in [5.41, 5.74) is -5.61. The molecule has 0 aromatic heterocycles. The van der Waals surface area contributed by atoms with Crippen LogP contribution in [0.5, 0.6) is 5.75 Å². The largest absolute Gasteiger partial charge is 0.534 e. The van der Waals surface area contributed by atoms with Crippen molar-refractivity contribution in [3.63, 3.8) is 0 Å². The number of hydrogen-bond donors (Lipinski definition) is 0. The highest BCUT2D eigenvalue weighted by atomic mass is 35.5. The molecule has 19 heavy (non-hydrogen) atoms. The van der Waals surface area contributed by atoms with Gasteiger partial charge in [-0.25, -0.2) is 0 Å². The van der Waals surface area contributed by atoms with E-state index in [4.69, 9.17) is 23.2 Å². The number of benzene rings is 1. The van der Waals surface area contributed by atoms with E-state index in [-0.39, 0.29) is 5.56 Å². The number of carbonyl (C=O) groups is 1. The molecule has 10 heteroatoms. The molecular formula is C9H5Cl2F3O4S. The highest BCUT2D eigenvalue weighted by molar-refractivity contribution is 7.88. The Morgan fingerprint density at radius 1 is 1.21 bits per heavy atom. The van der Waals surface area contributed by atoms with Gasteiger partial charge in [0, 0.05) is 5.56 Å². The SMILES string of the molecule is CC(=O)c1cc(Cl)c(OS(=O)(=O)C(F)(F)F)c(Cl)c1. The zero-order chi connectivity index (χ0) is 15.0. The van der Waals surface area contributed by atoms with Gasteiger partial charge in [-0.1, -0.05) is 23.2 Å². The van der Waals surface area contributed by atoms with Crippen LogP contribution in [0, 0.1) is 0 Å². The Labute approximate surface area is 116 Å². The molecular weight excluding hydrogens is 332 g/mol. The quantitative estimate of drug-likeness (QED) is 0.482. The monoisotopic (exact) mass is 336 g/mol. The van der Waals surface area contributed by atoms with E-state index in [0.717, 1.165) is 12.1 Å². The molecule has 0 N–H and O–H groups in total. The zero-order valence-electron chi connectivity index (χ0n) is 9.09. The summed E-state index contributed by atoms with van der Waals surface area (Å²) in [5, 5.41) is -1.05. The van der Waals surface area contributed by atoms with Gasteiger partial charge < -0.3 is 4.18 Å². The number of rotatable bonds is 3.